The van der Waals surface area contributed by atoms with E-state index in [1.807, 2.05) is 59.5 Å². The number of anilines is 2. The second-order valence-corrected chi connectivity index (χ2v) is 7.28. The van der Waals surface area contributed by atoms with Gasteiger partial charge < -0.3 is 10.2 Å². The fourth-order valence-electron chi connectivity index (χ4n) is 3.74. The number of benzene rings is 3. The summed E-state index contributed by atoms with van der Waals surface area (Å²) < 4.78 is 0. The van der Waals surface area contributed by atoms with Gasteiger partial charge in [-0.1, -0.05) is 60.1 Å². The molecular formula is C23H21ClN2O. The van der Waals surface area contributed by atoms with Gasteiger partial charge in [0.05, 0.1) is 16.6 Å². The van der Waals surface area contributed by atoms with Gasteiger partial charge in [-0.3, -0.25) is 4.79 Å². The highest BCUT2D eigenvalue weighted by Gasteiger charge is 2.33. The molecule has 0 radical (unpaired) electrons. The first-order valence-electron chi connectivity index (χ1n) is 9.14. The molecule has 3 aromatic carbocycles. The molecule has 1 N–H and O–H groups in total. The van der Waals surface area contributed by atoms with Gasteiger partial charge in [0.2, 0.25) is 0 Å². The van der Waals surface area contributed by atoms with Crippen molar-refractivity contribution in [3.05, 3.63) is 95.0 Å². The predicted molar refractivity (Wildman–Crippen MR) is 112 cm³/mol. The molecule has 0 fully saturated rings. The van der Waals surface area contributed by atoms with Crippen molar-refractivity contribution in [2.75, 3.05) is 10.2 Å². The number of rotatable bonds is 3. The van der Waals surface area contributed by atoms with E-state index < -0.39 is 0 Å². The highest BCUT2D eigenvalue weighted by Crippen LogP contribution is 2.40. The molecule has 1 aliphatic rings. The van der Waals surface area contributed by atoms with Crippen LogP contribution in [0.3, 0.4) is 0 Å². The van der Waals surface area contributed by atoms with Crippen LogP contribution in [-0.2, 0) is 0 Å². The average molecular weight is 377 g/mol. The van der Waals surface area contributed by atoms with Gasteiger partial charge in [-0.25, -0.2) is 0 Å². The Morgan fingerprint density at radius 3 is 2.41 bits per heavy atom. The summed E-state index contributed by atoms with van der Waals surface area (Å²) in [6.45, 7) is 2.14. The van der Waals surface area contributed by atoms with Crippen molar-refractivity contribution in [2.45, 2.75) is 25.4 Å². The highest BCUT2D eigenvalue weighted by atomic mass is 35.5. The number of amides is 1. The minimum absolute atomic E-state index is 0.0661. The number of para-hydroxylation sites is 2. The molecule has 2 atom stereocenters. The van der Waals surface area contributed by atoms with E-state index in [2.05, 4.69) is 24.4 Å². The molecule has 4 rings (SSSR count). The first-order chi connectivity index (χ1) is 13.1. The zero-order valence-electron chi connectivity index (χ0n) is 15.1. The van der Waals surface area contributed by atoms with Crippen LogP contribution in [0.25, 0.3) is 0 Å². The van der Waals surface area contributed by atoms with Crippen LogP contribution < -0.4 is 10.2 Å². The number of carbonyl (C=O) groups is 1. The van der Waals surface area contributed by atoms with Gasteiger partial charge in [-0.2, -0.15) is 0 Å². The molecule has 4 heteroatoms. The smallest absolute Gasteiger partial charge is 0.260 e. The third kappa shape index (κ3) is 3.43. The molecule has 1 heterocycles. The molecule has 1 amide bonds. The molecule has 1 aliphatic heterocycles. The summed E-state index contributed by atoms with van der Waals surface area (Å²) in [4.78, 5) is 15.5. The molecule has 3 aromatic rings. The third-order valence-corrected chi connectivity index (χ3v) is 5.30. The fourth-order valence-corrected chi connectivity index (χ4v) is 3.96. The number of carbonyl (C=O) groups excluding carboxylic acids is 1. The summed E-state index contributed by atoms with van der Waals surface area (Å²) in [6, 6.07) is 25.5. The van der Waals surface area contributed by atoms with E-state index in [0.717, 1.165) is 23.4 Å². The van der Waals surface area contributed by atoms with Crippen molar-refractivity contribution in [1.29, 1.82) is 0 Å². The van der Waals surface area contributed by atoms with Crippen LogP contribution in [0.1, 0.15) is 35.3 Å². The van der Waals surface area contributed by atoms with Crippen molar-refractivity contribution in [1.82, 2.24) is 0 Å². The van der Waals surface area contributed by atoms with Gasteiger partial charge in [0.15, 0.2) is 0 Å². The lowest BCUT2D eigenvalue weighted by atomic mass is 9.91. The molecular weight excluding hydrogens is 356 g/mol. The Kier molecular flexibility index (Phi) is 4.87. The molecule has 0 aliphatic carbocycles. The zero-order valence-corrected chi connectivity index (χ0v) is 15.9. The minimum Gasteiger partial charge on any atom is -0.382 e. The molecule has 0 saturated heterocycles. The first-order valence-corrected chi connectivity index (χ1v) is 9.51. The van der Waals surface area contributed by atoms with E-state index in [1.54, 1.807) is 12.1 Å². The third-order valence-electron chi connectivity index (χ3n) is 4.97. The Morgan fingerprint density at radius 2 is 1.63 bits per heavy atom. The number of hydrogen-bond donors (Lipinski definition) is 1. The highest BCUT2D eigenvalue weighted by molar-refractivity contribution is 6.34. The van der Waals surface area contributed by atoms with Gasteiger partial charge >= 0.3 is 0 Å². The van der Waals surface area contributed by atoms with Gasteiger partial charge in [-0.15, -0.1) is 0 Å². The van der Waals surface area contributed by atoms with Crippen LogP contribution in [0.4, 0.5) is 11.4 Å². The Morgan fingerprint density at radius 1 is 0.963 bits per heavy atom. The normalized spacial score (nSPS) is 18.3. The van der Waals surface area contributed by atoms with Gasteiger partial charge in [0, 0.05) is 17.4 Å². The molecule has 0 bridgehead atoms. The Balaban J connectivity index is 1.85. The summed E-state index contributed by atoms with van der Waals surface area (Å²) >= 11 is 6.36. The van der Waals surface area contributed by atoms with E-state index in [0.29, 0.717) is 10.6 Å². The van der Waals surface area contributed by atoms with Crippen molar-refractivity contribution >= 4 is 28.9 Å². The van der Waals surface area contributed by atoms with Crippen LogP contribution in [-0.4, -0.2) is 11.9 Å². The van der Waals surface area contributed by atoms with Gasteiger partial charge in [-0.05, 0) is 49.2 Å². The lowest BCUT2D eigenvalue weighted by molar-refractivity contribution is 0.0974. The van der Waals surface area contributed by atoms with Crippen molar-refractivity contribution in [2.24, 2.45) is 0 Å². The molecule has 3 nitrogen and oxygen atoms in total. The number of halogens is 1. The lowest BCUT2D eigenvalue weighted by Gasteiger charge is -2.39. The predicted octanol–water partition coefficient (Wildman–Crippen LogP) is 5.93. The molecule has 0 aromatic heterocycles. The van der Waals surface area contributed by atoms with Crippen LogP contribution in [0, 0.1) is 0 Å². The summed E-state index contributed by atoms with van der Waals surface area (Å²) in [5, 5.41) is 3.99. The maximum Gasteiger partial charge on any atom is 0.260 e. The van der Waals surface area contributed by atoms with Crippen LogP contribution in [0.2, 0.25) is 5.02 Å². The molecule has 136 valence electrons. The van der Waals surface area contributed by atoms with Gasteiger partial charge in [0.25, 0.3) is 5.91 Å². The van der Waals surface area contributed by atoms with E-state index in [4.69, 9.17) is 11.6 Å². The largest absolute Gasteiger partial charge is 0.382 e. The molecule has 0 saturated carbocycles. The Hall–Kier alpha value is -2.78. The maximum atomic E-state index is 13.6. The number of nitrogens with one attached hydrogen (secondary N) is 1. The summed E-state index contributed by atoms with van der Waals surface area (Å²) in [7, 11) is 0. The summed E-state index contributed by atoms with van der Waals surface area (Å²) in [5.41, 5.74) is 3.59. The van der Waals surface area contributed by atoms with Crippen molar-refractivity contribution < 1.29 is 4.79 Å². The van der Waals surface area contributed by atoms with E-state index in [-0.39, 0.29) is 18.0 Å². The van der Waals surface area contributed by atoms with Crippen LogP contribution in [0.15, 0.2) is 78.9 Å². The average Bonchev–Trinajstić information content (AvgIpc) is 2.69. The zero-order chi connectivity index (χ0) is 18.8. The topological polar surface area (TPSA) is 32.3 Å². The summed E-state index contributed by atoms with van der Waals surface area (Å²) in [5.74, 6) is -0.0827. The lowest BCUT2D eigenvalue weighted by Crippen LogP contribution is -2.40. The molecule has 0 spiro atoms. The number of fused-ring (bicyclic) bond motifs is 1. The van der Waals surface area contributed by atoms with E-state index >= 15 is 0 Å². The first kappa shape index (κ1) is 17.6. The Bertz CT molecular complexity index is 957. The Labute approximate surface area is 164 Å². The maximum absolute atomic E-state index is 13.6. The van der Waals surface area contributed by atoms with Crippen molar-refractivity contribution in [3.8, 4) is 0 Å². The second kappa shape index (κ2) is 7.45. The summed E-state index contributed by atoms with van der Waals surface area (Å²) in [6.07, 6.45) is 0.822. The molecule has 27 heavy (non-hydrogen) atoms. The SMILES string of the molecule is CC1CC(N(C(=O)c2ccccc2Cl)c2ccccc2)c2ccccc2N1. The fraction of sp³-hybridized carbons (Fsp3) is 0.174. The van der Waals surface area contributed by atoms with Crippen LogP contribution >= 0.6 is 11.6 Å². The van der Waals surface area contributed by atoms with Gasteiger partial charge in [0.1, 0.15) is 0 Å². The monoisotopic (exact) mass is 376 g/mol. The number of nitrogens with zero attached hydrogens (tertiary/aromatic N) is 1. The van der Waals surface area contributed by atoms with E-state index in [9.17, 15) is 4.79 Å². The van der Waals surface area contributed by atoms with Crippen LogP contribution in [0.5, 0.6) is 0 Å². The quantitative estimate of drug-likeness (QED) is 0.614. The number of hydrogen-bond acceptors (Lipinski definition) is 2. The molecule has 2 unspecified atom stereocenters. The second-order valence-electron chi connectivity index (χ2n) is 6.87. The van der Waals surface area contributed by atoms with E-state index in [1.165, 1.54) is 0 Å². The standard InChI is InChI=1S/C23H21ClN2O/c1-16-15-22(19-12-6-8-14-21(19)25-16)26(17-9-3-2-4-10-17)23(27)18-11-5-7-13-20(18)24/h2-14,16,22,25H,15H2,1H3. The minimum atomic E-state index is -0.0827. The van der Waals surface area contributed by atoms with Crippen molar-refractivity contribution in [3.63, 3.8) is 0 Å².